The Hall–Kier alpha value is -2.63. The van der Waals surface area contributed by atoms with Gasteiger partial charge in [-0.05, 0) is 12.5 Å². The van der Waals surface area contributed by atoms with Crippen molar-refractivity contribution in [2.75, 3.05) is 0 Å². The first-order chi connectivity index (χ1) is 9.99. The number of amides is 1. The number of nitrogens with one attached hydrogen (secondary N) is 1. The number of hydrogen-bond donors (Lipinski definition) is 1. The number of aromatic nitrogens is 2. The van der Waals surface area contributed by atoms with Gasteiger partial charge in [0.2, 0.25) is 5.91 Å². The van der Waals surface area contributed by atoms with E-state index in [1.165, 1.54) is 23.9 Å². The number of benzene rings is 1. The normalized spacial score (nSPS) is 11.9. The van der Waals surface area contributed by atoms with Gasteiger partial charge in [0.1, 0.15) is 6.54 Å². The summed E-state index contributed by atoms with van der Waals surface area (Å²) >= 11 is 0. The molecule has 110 valence electrons. The number of carbonyl (C=O) groups is 1. The molecule has 21 heavy (non-hydrogen) atoms. The summed E-state index contributed by atoms with van der Waals surface area (Å²) in [5, 5.41) is 2.82. The molecule has 1 atom stereocenters. The van der Waals surface area contributed by atoms with E-state index < -0.39 is 11.2 Å². The summed E-state index contributed by atoms with van der Waals surface area (Å²) < 4.78 is 2.17. The predicted octanol–water partition coefficient (Wildman–Crippen LogP) is 0.424. The molecular weight excluding hydrogens is 270 g/mol. The standard InChI is InChI=1S/C15H17N3O3/c1-11(12-6-4-3-5-7-12)16-13(19)10-18-9-8-14(20)17(2)15(18)21/h3-9,11H,10H2,1-2H3,(H,16,19). The SMILES string of the molecule is CC(NC(=O)Cn1ccc(=O)n(C)c1=O)c1ccccc1. The maximum atomic E-state index is 12.0. The molecule has 1 heterocycles. The van der Waals surface area contributed by atoms with E-state index in [9.17, 15) is 14.4 Å². The van der Waals surface area contributed by atoms with E-state index in [0.717, 1.165) is 10.1 Å². The second-order valence-electron chi connectivity index (χ2n) is 4.82. The predicted molar refractivity (Wildman–Crippen MR) is 78.9 cm³/mol. The smallest absolute Gasteiger partial charge is 0.331 e. The van der Waals surface area contributed by atoms with Crippen LogP contribution in [0.2, 0.25) is 0 Å². The quantitative estimate of drug-likeness (QED) is 0.886. The number of hydrogen-bond acceptors (Lipinski definition) is 3. The molecule has 1 unspecified atom stereocenters. The Morgan fingerprint density at radius 1 is 1.19 bits per heavy atom. The van der Waals surface area contributed by atoms with Crippen LogP contribution in [-0.2, 0) is 18.4 Å². The fraction of sp³-hybridized carbons (Fsp3) is 0.267. The van der Waals surface area contributed by atoms with Gasteiger partial charge in [0.05, 0.1) is 6.04 Å². The second-order valence-corrected chi connectivity index (χ2v) is 4.82. The molecule has 1 N–H and O–H groups in total. The molecule has 2 aromatic rings. The molecule has 0 fully saturated rings. The van der Waals surface area contributed by atoms with E-state index >= 15 is 0 Å². The summed E-state index contributed by atoms with van der Waals surface area (Å²) in [7, 11) is 1.38. The van der Waals surface area contributed by atoms with Crippen LogP contribution in [0.3, 0.4) is 0 Å². The van der Waals surface area contributed by atoms with Crippen LogP contribution in [-0.4, -0.2) is 15.0 Å². The van der Waals surface area contributed by atoms with Gasteiger partial charge in [0, 0.05) is 19.3 Å². The van der Waals surface area contributed by atoms with Crippen LogP contribution in [0.1, 0.15) is 18.5 Å². The first kappa shape index (κ1) is 14.8. The fourth-order valence-electron chi connectivity index (χ4n) is 2.00. The summed E-state index contributed by atoms with van der Waals surface area (Å²) in [4.78, 5) is 35.1. The van der Waals surface area contributed by atoms with Gasteiger partial charge >= 0.3 is 5.69 Å². The van der Waals surface area contributed by atoms with Gasteiger partial charge in [-0.25, -0.2) is 4.79 Å². The minimum absolute atomic E-state index is 0.121. The average Bonchev–Trinajstić information content (AvgIpc) is 2.49. The van der Waals surface area contributed by atoms with Gasteiger partial charge in [-0.15, -0.1) is 0 Å². The van der Waals surface area contributed by atoms with Crippen LogP contribution in [0, 0.1) is 0 Å². The molecule has 2 rings (SSSR count). The fourth-order valence-corrected chi connectivity index (χ4v) is 2.00. The third-order valence-corrected chi connectivity index (χ3v) is 3.25. The first-order valence-electron chi connectivity index (χ1n) is 6.60. The Morgan fingerprint density at radius 2 is 1.86 bits per heavy atom. The maximum Gasteiger partial charge on any atom is 0.331 e. The molecule has 0 aliphatic carbocycles. The third kappa shape index (κ3) is 3.47. The van der Waals surface area contributed by atoms with Gasteiger partial charge < -0.3 is 5.32 Å². The van der Waals surface area contributed by atoms with Crippen molar-refractivity contribution in [1.82, 2.24) is 14.5 Å². The van der Waals surface area contributed by atoms with E-state index in [0.29, 0.717) is 0 Å². The molecule has 6 nitrogen and oxygen atoms in total. The molecule has 0 saturated heterocycles. The van der Waals surface area contributed by atoms with Gasteiger partial charge in [0.25, 0.3) is 5.56 Å². The van der Waals surface area contributed by atoms with Crippen LogP contribution in [0.5, 0.6) is 0 Å². The summed E-state index contributed by atoms with van der Waals surface area (Å²) in [5.74, 6) is -0.285. The van der Waals surface area contributed by atoms with Crippen molar-refractivity contribution < 1.29 is 4.79 Å². The zero-order valence-corrected chi connectivity index (χ0v) is 11.9. The second kappa shape index (κ2) is 6.21. The minimum Gasteiger partial charge on any atom is -0.348 e. The Morgan fingerprint density at radius 3 is 2.52 bits per heavy atom. The summed E-state index contributed by atoms with van der Waals surface area (Å²) in [6, 6.07) is 10.6. The number of carbonyl (C=O) groups excluding carboxylic acids is 1. The maximum absolute atomic E-state index is 12.0. The Kier molecular flexibility index (Phi) is 4.37. The molecule has 0 aliphatic heterocycles. The van der Waals surface area contributed by atoms with Crippen molar-refractivity contribution in [1.29, 1.82) is 0 Å². The molecule has 6 heteroatoms. The lowest BCUT2D eigenvalue weighted by atomic mass is 10.1. The third-order valence-electron chi connectivity index (χ3n) is 3.25. The molecule has 1 aromatic heterocycles. The number of nitrogens with zero attached hydrogens (tertiary/aromatic N) is 2. The average molecular weight is 287 g/mol. The largest absolute Gasteiger partial charge is 0.348 e. The molecular formula is C15H17N3O3. The molecule has 0 spiro atoms. The minimum atomic E-state index is -0.509. The van der Waals surface area contributed by atoms with Crippen LogP contribution in [0.25, 0.3) is 0 Å². The Labute approximate surface area is 121 Å². The highest BCUT2D eigenvalue weighted by Gasteiger charge is 2.11. The van der Waals surface area contributed by atoms with E-state index in [-0.39, 0.29) is 18.5 Å². The summed E-state index contributed by atoms with van der Waals surface area (Å²) in [6.07, 6.45) is 1.33. The van der Waals surface area contributed by atoms with Gasteiger partial charge in [0.15, 0.2) is 0 Å². The molecule has 1 aromatic carbocycles. The van der Waals surface area contributed by atoms with Crippen molar-refractivity contribution in [3.8, 4) is 0 Å². The van der Waals surface area contributed by atoms with Crippen LogP contribution in [0.4, 0.5) is 0 Å². The van der Waals surface area contributed by atoms with E-state index in [1.54, 1.807) is 0 Å². The Bertz CT molecular complexity index is 747. The van der Waals surface area contributed by atoms with E-state index in [2.05, 4.69) is 5.32 Å². The highest BCUT2D eigenvalue weighted by Crippen LogP contribution is 2.10. The van der Waals surface area contributed by atoms with Crippen LogP contribution in [0.15, 0.2) is 52.2 Å². The molecule has 0 aliphatic rings. The topological polar surface area (TPSA) is 73.1 Å². The van der Waals surface area contributed by atoms with Crippen LogP contribution >= 0.6 is 0 Å². The van der Waals surface area contributed by atoms with Crippen molar-refractivity contribution in [2.24, 2.45) is 7.05 Å². The zero-order valence-electron chi connectivity index (χ0n) is 11.9. The zero-order chi connectivity index (χ0) is 15.4. The van der Waals surface area contributed by atoms with Crippen molar-refractivity contribution in [3.63, 3.8) is 0 Å². The summed E-state index contributed by atoms with van der Waals surface area (Å²) in [5.41, 5.74) is 0.0815. The molecule has 1 amide bonds. The van der Waals surface area contributed by atoms with E-state index in [1.807, 2.05) is 37.3 Å². The molecule has 0 radical (unpaired) electrons. The van der Waals surface area contributed by atoms with Crippen molar-refractivity contribution in [2.45, 2.75) is 19.5 Å². The first-order valence-corrected chi connectivity index (χ1v) is 6.60. The van der Waals surface area contributed by atoms with Crippen molar-refractivity contribution in [3.05, 3.63) is 69.0 Å². The summed E-state index contributed by atoms with van der Waals surface area (Å²) in [6.45, 7) is 1.75. The van der Waals surface area contributed by atoms with Gasteiger partial charge in [-0.2, -0.15) is 0 Å². The highest BCUT2D eigenvalue weighted by molar-refractivity contribution is 5.76. The van der Waals surface area contributed by atoms with Gasteiger partial charge in [-0.3, -0.25) is 18.7 Å². The lowest BCUT2D eigenvalue weighted by Crippen LogP contribution is -2.40. The Balaban J connectivity index is 2.08. The van der Waals surface area contributed by atoms with Gasteiger partial charge in [-0.1, -0.05) is 30.3 Å². The lowest BCUT2D eigenvalue weighted by molar-refractivity contribution is -0.122. The molecule has 0 bridgehead atoms. The van der Waals surface area contributed by atoms with Crippen molar-refractivity contribution >= 4 is 5.91 Å². The monoisotopic (exact) mass is 287 g/mol. The molecule has 0 saturated carbocycles. The van der Waals surface area contributed by atoms with Crippen LogP contribution < -0.4 is 16.6 Å². The number of rotatable bonds is 4. The lowest BCUT2D eigenvalue weighted by Gasteiger charge is -2.15. The van der Waals surface area contributed by atoms with E-state index in [4.69, 9.17) is 0 Å². The highest BCUT2D eigenvalue weighted by atomic mass is 16.2.